The minimum atomic E-state index is 0.185. The van der Waals surface area contributed by atoms with E-state index >= 15 is 0 Å². The third kappa shape index (κ3) is 4.25. The van der Waals surface area contributed by atoms with Crippen LogP contribution in [0, 0.1) is 5.92 Å². The van der Waals surface area contributed by atoms with Crippen LogP contribution in [-0.2, 0) is 11.3 Å². The number of H-pyrrole nitrogens is 1. The fourth-order valence-corrected chi connectivity index (χ4v) is 2.57. The van der Waals surface area contributed by atoms with Crippen LogP contribution >= 0.6 is 0 Å². The second kappa shape index (κ2) is 6.48. The number of rotatable bonds is 5. The Morgan fingerprint density at radius 3 is 2.88 bits per heavy atom. The lowest BCUT2D eigenvalue weighted by molar-refractivity contribution is -0.121. The predicted octanol–water partition coefficient (Wildman–Crippen LogP) is 2.99. The molecule has 17 heavy (non-hydrogen) atoms. The van der Waals surface area contributed by atoms with Crippen molar-refractivity contribution in [3.05, 3.63) is 24.0 Å². The molecule has 1 saturated carbocycles. The molecule has 1 fully saturated rings. The molecule has 94 valence electrons. The summed E-state index contributed by atoms with van der Waals surface area (Å²) < 4.78 is 0. The van der Waals surface area contributed by atoms with Gasteiger partial charge in [0.05, 0.1) is 6.54 Å². The van der Waals surface area contributed by atoms with Gasteiger partial charge in [0.1, 0.15) is 0 Å². The van der Waals surface area contributed by atoms with Gasteiger partial charge in [0, 0.05) is 18.3 Å². The van der Waals surface area contributed by atoms with E-state index in [2.05, 4.69) is 10.3 Å². The molecule has 1 aromatic rings. The quantitative estimate of drug-likeness (QED) is 0.808. The molecule has 3 nitrogen and oxygen atoms in total. The lowest BCUT2D eigenvalue weighted by Crippen LogP contribution is -2.23. The van der Waals surface area contributed by atoms with Gasteiger partial charge >= 0.3 is 0 Å². The van der Waals surface area contributed by atoms with Gasteiger partial charge in [-0.3, -0.25) is 4.79 Å². The summed E-state index contributed by atoms with van der Waals surface area (Å²) in [4.78, 5) is 14.7. The van der Waals surface area contributed by atoms with E-state index in [0.29, 0.717) is 13.0 Å². The van der Waals surface area contributed by atoms with Gasteiger partial charge in [0.25, 0.3) is 0 Å². The maximum Gasteiger partial charge on any atom is 0.220 e. The molecule has 0 spiro atoms. The first-order chi connectivity index (χ1) is 8.34. The van der Waals surface area contributed by atoms with Crippen LogP contribution in [0.15, 0.2) is 18.3 Å². The zero-order chi connectivity index (χ0) is 11.9. The van der Waals surface area contributed by atoms with Gasteiger partial charge in [0.15, 0.2) is 0 Å². The Morgan fingerprint density at radius 2 is 2.18 bits per heavy atom. The van der Waals surface area contributed by atoms with Gasteiger partial charge in [0.2, 0.25) is 5.91 Å². The van der Waals surface area contributed by atoms with Crippen molar-refractivity contribution in [1.82, 2.24) is 10.3 Å². The Balaban J connectivity index is 1.60. The molecule has 2 N–H and O–H groups in total. The molecule has 0 unspecified atom stereocenters. The van der Waals surface area contributed by atoms with Gasteiger partial charge in [-0.2, -0.15) is 0 Å². The van der Waals surface area contributed by atoms with Crippen LogP contribution in [0.25, 0.3) is 0 Å². The molecule has 1 heterocycles. The number of amides is 1. The highest BCUT2D eigenvalue weighted by atomic mass is 16.1. The molecule has 0 aromatic carbocycles. The molecule has 3 heteroatoms. The van der Waals surface area contributed by atoms with E-state index in [1.54, 1.807) is 0 Å². The summed E-state index contributed by atoms with van der Waals surface area (Å²) in [5, 5.41) is 2.95. The SMILES string of the molecule is O=C(CCC1CCCCC1)NCc1ccc[nH]1. The topological polar surface area (TPSA) is 44.9 Å². The average Bonchev–Trinajstić information content (AvgIpc) is 2.88. The monoisotopic (exact) mass is 234 g/mol. The molecule has 1 amide bonds. The number of carbonyl (C=O) groups is 1. The Morgan fingerprint density at radius 1 is 1.35 bits per heavy atom. The average molecular weight is 234 g/mol. The summed E-state index contributed by atoms with van der Waals surface area (Å²) >= 11 is 0. The van der Waals surface area contributed by atoms with E-state index in [-0.39, 0.29) is 5.91 Å². The van der Waals surface area contributed by atoms with Crippen LogP contribution in [-0.4, -0.2) is 10.9 Å². The van der Waals surface area contributed by atoms with E-state index in [9.17, 15) is 4.79 Å². The van der Waals surface area contributed by atoms with Crippen molar-refractivity contribution in [1.29, 1.82) is 0 Å². The summed E-state index contributed by atoms with van der Waals surface area (Å²) in [6.07, 6.45) is 10.4. The molecule has 0 aliphatic heterocycles. The van der Waals surface area contributed by atoms with E-state index in [1.807, 2.05) is 18.3 Å². The fraction of sp³-hybridized carbons (Fsp3) is 0.643. The standard InChI is InChI=1S/C14H22N2O/c17-14(16-11-13-7-4-10-15-13)9-8-12-5-2-1-3-6-12/h4,7,10,12,15H,1-3,5-6,8-9,11H2,(H,16,17). The first kappa shape index (κ1) is 12.2. The van der Waals surface area contributed by atoms with Gasteiger partial charge in [-0.15, -0.1) is 0 Å². The Kier molecular flexibility index (Phi) is 4.65. The first-order valence-electron chi connectivity index (χ1n) is 6.73. The third-order valence-corrected chi connectivity index (χ3v) is 3.64. The fourth-order valence-electron chi connectivity index (χ4n) is 2.57. The van der Waals surface area contributed by atoms with Crippen molar-refractivity contribution < 1.29 is 4.79 Å². The molecule has 2 rings (SSSR count). The molecule has 1 aliphatic carbocycles. The molecule has 0 radical (unpaired) electrons. The number of hydrogen-bond acceptors (Lipinski definition) is 1. The zero-order valence-electron chi connectivity index (χ0n) is 10.4. The minimum Gasteiger partial charge on any atom is -0.364 e. The van der Waals surface area contributed by atoms with Crippen LogP contribution < -0.4 is 5.32 Å². The van der Waals surface area contributed by atoms with Crippen molar-refractivity contribution in [3.8, 4) is 0 Å². The number of aromatic amines is 1. The molecule has 0 saturated heterocycles. The van der Waals surface area contributed by atoms with E-state index in [1.165, 1.54) is 32.1 Å². The summed E-state index contributed by atoms with van der Waals surface area (Å²) in [6, 6.07) is 3.94. The Hall–Kier alpha value is -1.25. The molecule has 1 aliphatic rings. The van der Waals surface area contributed by atoms with Gasteiger partial charge in [-0.1, -0.05) is 32.1 Å². The third-order valence-electron chi connectivity index (χ3n) is 3.64. The highest BCUT2D eigenvalue weighted by Gasteiger charge is 2.14. The van der Waals surface area contributed by atoms with Crippen molar-refractivity contribution in [2.45, 2.75) is 51.5 Å². The van der Waals surface area contributed by atoms with Crippen LogP contribution in [0.1, 0.15) is 50.6 Å². The molecule has 0 atom stereocenters. The van der Waals surface area contributed by atoms with Gasteiger partial charge in [-0.25, -0.2) is 0 Å². The maximum atomic E-state index is 11.7. The van der Waals surface area contributed by atoms with Crippen molar-refractivity contribution >= 4 is 5.91 Å². The molecule has 0 bridgehead atoms. The smallest absolute Gasteiger partial charge is 0.220 e. The number of hydrogen-bond donors (Lipinski definition) is 2. The highest BCUT2D eigenvalue weighted by Crippen LogP contribution is 2.27. The summed E-state index contributed by atoms with van der Waals surface area (Å²) in [5.41, 5.74) is 1.07. The number of aromatic nitrogens is 1. The van der Waals surface area contributed by atoms with Crippen LogP contribution in [0.5, 0.6) is 0 Å². The Bertz CT molecular complexity index is 326. The van der Waals surface area contributed by atoms with E-state index in [4.69, 9.17) is 0 Å². The van der Waals surface area contributed by atoms with Crippen molar-refractivity contribution in [2.24, 2.45) is 5.92 Å². The first-order valence-corrected chi connectivity index (χ1v) is 6.73. The van der Waals surface area contributed by atoms with E-state index in [0.717, 1.165) is 18.0 Å². The highest BCUT2D eigenvalue weighted by molar-refractivity contribution is 5.75. The summed E-state index contributed by atoms with van der Waals surface area (Å²) in [7, 11) is 0. The minimum absolute atomic E-state index is 0.185. The summed E-state index contributed by atoms with van der Waals surface area (Å²) in [5.74, 6) is 0.977. The second-order valence-corrected chi connectivity index (χ2v) is 5.01. The van der Waals surface area contributed by atoms with Crippen LogP contribution in [0.3, 0.4) is 0 Å². The van der Waals surface area contributed by atoms with Crippen molar-refractivity contribution in [2.75, 3.05) is 0 Å². The largest absolute Gasteiger partial charge is 0.364 e. The molecular formula is C14H22N2O. The van der Waals surface area contributed by atoms with Crippen molar-refractivity contribution in [3.63, 3.8) is 0 Å². The molecule has 1 aromatic heterocycles. The summed E-state index contributed by atoms with van der Waals surface area (Å²) in [6.45, 7) is 0.622. The van der Waals surface area contributed by atoms with E-state index < -0.39 is 0 Å². The molecular weight excluding hydrogens is 212 g/mol. The zero-order valence-corrected chi connectivity index (χ0v) is 10.4. The van der Waals surface area contributed by atoms with Crippen LogP contribution in [0.4, 0.5) is 0 Å². The van der Waals surface area contributed by atoms with Crippen LogP contribution in [0.2, 0.25) is 0 Å². The predicted molar refractivity (Wildman–Crippen MR) is 68.4 cm³/mol. The number of carbonyl (C=O) groups excluding carboxylic acids is 1. The maximum absolute atomic E-state index is 11.7. The normalized spacial score (nSPS) is 16.9. The lowest BCUT2D eigenvalue weighted by atomic mass is 9.86. The lowest BCUT2D eigenvalue weighted by Gasteiger charge is -2.20. The number of nitrogens with one attached hydrogen (secondary N) is 2. The second-order valence-electron chi connectivity index (χ2n) is 5.01. The Labute approximate surface area is 103 Å². The van der Waals surface area contributed by atoms with Gasteiger partial charge in [-0.05, 0) is 24.5 Å². The van der Waals surface area contributed by atoms with Gasteiger partial charge < -0.3 is 10.3 Å².